The van der Waals surface area contributed by atoms with Gasteiger partial charge in [-0.3, -0.25) is 4.57 Å². The number of hydrogen-bond acceptors (Lipinski definition) is 4. The van der Waals surface area contributed by atoms with E-state index in [1.165, 1.54) is 0 Å². The molecule has 0 aliphatic carbocycles. The molecule has 0 saturated heterocycles. The van der Waals surface area contributed by atoms with Gasteiger partial charge in [0, 0.05) is 12.8 Å². The lowest BCUT2D eigenvalue weighted by molar-refractivity contribution is 0.121. The van der Waals surface area contributed by atoms with Crippen LogP contribution in [0.5, 0.6) is 5.75 Å². The summed E-state index contributed by atoms with van der Waals surface area (Å²) in [4.78, 5) is 9.99. The molecule has 0 amide bonds. The molecule has 2 aromatic carbocycles. The second-order valence-electron chi connectivity index (χ2n) is 5.92. The Morgan fingerprint density at radius 3 is 2.40 bits per heavy atom. The second kappa shape index (κ2) is 10.4. The molecule has 2 rings (SSSR count). The van der Waals surface area contributed by atoms with E-state index < -0.39 is 7.37 Å². The Balaban J connectivity index is 1.64. The van der Waals surface area contributed by atoms with E-state index in [-0.39, 0.29) is 12.5 Å². The lowest BCUT2D eigenvalue weighted by atomic mass is 10.1. The van der Waals surface area contributed by atoms with Gasteiger partial charge in [-0.05, 0) is 42.6 Å². The minimum Gasteiger partial charge on any atom is -0.484 e. The van der Waals surface area contributed by atoms with Crippen LogP contribution in [0.2, 0.25) is 0 Å². The maximum absolute atomic E-state index is 12.1. The smallest absolute Gasteiger partial charge is 0.236 e. The number of nitrogens with two attached hydrogens (primary N) is 1. The van der Waals surface area contributed by atoms with Crippen LogP contribution in [0, 0.1) is 0 Å². The van der Waals surface area contributed by atoms with Gasteiger partial charge in [0.05, 0.1) is 6.61 Å². The molecule has 136 valence electrons. The van der Waals surface area contributed by atoms with Crippen molar-refractivity contribution < 1.29 is 18.9 Å². The highest BCUT2D eigenvalue weighted by Gasteiger charge is 2.18. The zero-order valence-electron chi connectivity index (χ0n) is 14.3. The number of ether oxygens (including phenoxy) is 2. The molecular weight excluding hydrogens is 337 g/mol. The Morgan fingerprint density at radius 1 is 1.00 bits per heavy atom. The van der Waals surface area contributed by atoms with E-state index in [1.807, 2.05) is 42.5 Å². The minimum absolute atomic E-state index is 0.179. The second-order valence-corrected chi connectivity index (χ2v) is 8.32. The molecule has 0 spiro atoms. The largest absolute Gasteiger partial charge is 0.484 e. The number of rotatable bonds is 11. The van der Waals surface area contributed by atoms with Crippen LogP contribution in [0.15, 0.2) is 54.6 Å². The Kier molecular flexibility index (Phi) is 8.16. The zero-order valence-corrected chi connectivity index (χ0v) is 15.2. The molecule has 0 heterocycles. The SMILES string of the molecule is NCCc1ccc(OCP(=O)(O)CCCOCc2ccccc2)cc1. The van der Waals surface area contributed by atoms with Crippen LogP contribution in [0.3, 0.4) is 0 Å². The highest BCUT2D eigenvalue weighted by Crippen LogP contribution is 2.41. The van der Waals surface area contributed by atoms with Gasteiger partial charge in [-0.2, -0.15) is 0 Å². The third kappa shape index (κ3) is 7.84. The third-order valence-electron chi connectivity index (χ3n) is 3.70. The van der Waals surface area contributed by atoms with Crippen molar-refractivity contribution >= 4 is 7.37 Å². The summed E-state index contributed by atoms with van der Waals surface area (Å²) in [6.45, 7) is 1.56. The van der Waals surface area contributed by atoms with Crippen molar-refractivity contribution in [3.05, 3.63) is 65.7 Å². The summed E-state index contributed by atoms with van der Waals surface area (Å²) < 4.78 is 23.1. The molecule has 0 saturated carbocycles. The predicted molar refractivity (Wildman–Crippen MR) is 100 cm³/mol. The van der Waals surface area contributed by atoms with Gasteiger partial charge < -0.3 is 20.1 Å². The van der Waals surface area contributed by atoms with Gasteiger partial charge >= 0.3 is 0 Å². The Hall–Kier alpha value is -1.65. The quantitative estimate of drug-likeness (QED) is 0.472. The summed E-state index contributed by atoms with van der Waals surface area (Å²) in [5.41, 5.74) is 7.72. The lowest BCUT2D eigenvalue weighted by Gasteiger charge is -2.13. The fourth-order valence-corrected chi connectivity index (χ4v) is 3.44. The first-order valence-corrected chi connectivity index (χ1v) is 10.5. The average Bonchev–Trinajstić information content (AvgIpc) is 2.62. The Bertz CT molecular complexity index is 661. The van der Waals surface area contributed by atoms with Crippen LogP contribution in [0.25, 0.3) is 0 Å². The lowest BCUT2D eigenvalue weighted by Crippen LogP contribution is -2.05. The summed E-state index contributed by atoms with van der Waals surface area (Å²) in [6, 6.07) is 17.3. The van der Waals surface area contributed by atoms with Crippen molar-refractivity contribution in [2.45, 2.75) is 19.4 Å². The van der Waals surface area contributed by atoms with Crippen molar-refractivity contribution in [1.29, 1.82) is 0 Å². The molecule has 0 radical (unpaired) electrons. The van der Waals surface area contributed by atoms with Crippen LogP contribution in [-0.4, -0.2) is 30.6 Å². The number of hydrogen-bond donors (Lipinski definition) is 2. The fraction of sp³-hybridized carbons (Fsp3) is 0.368. The highest BCUT2D eigenvalue weighted by molar-refractivity contribution is 7.57. The summed E-state index contributed by atoms with van der Waals surface area (Å²) in [5, 5.41) is 0. The van der Waals surface area contributed by atoms with E-state index in [4.69, 9.17) is 15.2 Å². The molecule has 0 aliphatic heterocycles. The topological polar surface area (TPSA) is 81.8 Å². The van der Waals surface area contributed by atoms with Crippen LogP contribution < -0.4 is 10.5 Å². The summed E-state index contributed by atoms with van der Waals surface area (Å²) in [6.07, 6.45) is 1.34. The number of benzene rings is 2. The van der Waals surface area contributed by atoms with Gasteiger partial charge in [0.1, 0.15) is 5.75 Å². The molecule has 25 heavy (non-hydrogen) atoms. The monoisotopic (exact) mass is 363 g/mol. The van der Waals surface area contributed by atoms with E-state index in [0.717, 1.165) is 17.5 Å². The Labute approximate surface area is 149 Å². The summed E-state index contributed by atoms with van der Waals surface area (Å²) in [5.74, 6) is 0.593. The van der Waals surface area contributed by atoms with Crippen LogP contribution in [-0.2, 0) is 22.3 Å². The first-order valence-electron chi connectivity index (χ1n) is 8.43. The molecular formula is C19H26NO4P. The zero-order chi connectivity index (χ0) is 18.0. The summed E-state index contributed by atoms with van der Waals surface area (Å²) >= 11 is 0. The van der Waals surface area contributed by atoms with Crippen LogP contribution in [0.4, 0.5) is 0 Å². The van der Waals surface area contributed by atoms with Gasteiger partial charge in [-0.1, -0.05) is 42.5 Å². The van der Waals surface area contributed by atoms with E-state index in [9.17, 15) is 9.46 Å². The molecule has 0 aliphatic rings. The van der Waals surface area contributed by atoms with Gasteiger partial charge in [0.25, 0.3) is 0 Å². The van der Waals surface area contributed by atoms with Gasteiger partial charge in [-0.15, -0.1) is 0 Å². The molecule has 0 aromatic heterocycles. The average molecular weight is 363 g/mol. The van der Waals surface area contributed by atoms with Crippen molar-refractivity contribution in [1.82, 2.24) is 0 Å². The first-order chi connectivity index (χ1) is 12.1. The maximum Gasteiger partial charge on any atom is 0.236 e. The normalized spacial score (nSPS) is 13.4. The standard InChI is InChI=1S/C19H26NO4P/c20-12-11-17-7-9-19(10-8-17)24-16-25(21,22)14-4-13-23-15-18-5-2-1-3-6-18/h1-3,5-10H,4,11-16,20H2,(H,21,22). The molecule has 0 bridgehead atoms. The van der Waals surface area contributed by atoms with Crippen LogP contribution in [0.1, 0.15) is 17.5 Å². The van der Waals surface area contributed by atoms with E-state index in [2.05, 4.69) is 0 Å². The van der Waals surface area contributed by atoms with Gasteiger partial charge in [0.15, 0.2) is 6.35 Å². The molecule has 5 nitrogen and oxygen atoms in total. The highest BCUT2D eigenvalue weighted by atomic mass is 31.2. The molecule has 2 aromatic rings. The minimum atomic E-state index is -3.32. The molecule has 3 N–H and O–H groups in total. The first kappa shape index (κ1) is 19.7. The van der Waals surface area contributed by atoms with Gasteiger partial charge in [0.2, 0.25) is 7.37 Å². The summed E-state index contributed by atoms with van der Waals surface area (Å²) in [7, 11) is -3.32. The van der Waals surface area contributed by atoms with E-state index in [0.29, 0.717) is 31.9 Å². The van der Waals surface area contributed by atoms with Crippen molar-refractivity contribution in [2.75, 3.05) is 25.7 Å². The molecule has 1 atom stereocenters. The third-order valence-corrected chi connectivity index (χ3v) is 5.24. The van der Waals surface area contributed by atoms with Crippen LogP contribution >= 0.6 is 7.37 Å². The van der Waals surface area contributed by atoms with E-state index in [1.54, 1.807) is 12.1 Å². The van der Waals surface area contributed by atoms with Crippen molar-refractivity contribution in [3.63, 3.8) is 0 Å². The molecule has 6 heteroatoms. The fourth-order valence-electron chi connectivity index (χ4n) is 2.34. The van der Waals surface area contributed by atoms with Crippen molar-refractivity contribution in [3.8, 4) is 5.75 Å². The Morgan fingerprint density at radius 2 is 1.72 bits per heavy atom. The van der Waals surface area contributed by atoms with Gasteiger partial charge in [-0.25, -0.2) is 0 Å². The molecule has 0 fully saturated rings. The molecule has 1 unspecified atom stereocenters. The predicted octanol–water partition coefficient (Wildman–Crippen LogP) is 3.40. The van der Waals surface area contributed by atoms with E-state index >= 15 is 0 Å². The van der Waals surface area contributed by atoms with Crippen molar-refractivity contribution in [2.24, 2.45) is 5.73 Å². The maximum atomic E-state index is 12.1.